The molecule has 24 heavy (non-hydrogen) atoms. The fourth-order valence-electron chi connectivity index (χ4n) is 2.52. The summed E-state index contributed by atoms with van der Waals surface area (Å²) in [7, 11) is 0. The molecule has 0 bridgehead atoms. The lowest BCUT2D eigenvalue weighted by molar-refractivity contribution is -0.386. The van der Waals surface area contributed by atoms with Gasteiger partial charge in [-0.1, -0.05) is 0 Å². The van der Waals surface area contributed by atoms with Gasteiger partial charge in [0.15, 0.2) is 0 Å². The van der Waals surface area contributed by atoms with Crippen LogP contribution in [0.25, 0.3) is 0 Å². The van der Waals surface area contributed by atoms with Gasteiger partial charge in [0.25, 0.3) is 5.88 Å². The van der Waals surface area contributed by atoms with Crippen LogP contribution >= 0.6 is 0 Å². The second-order valence-electron chi connectivity index (χ2n) is 6.83. The van der Waals surface area contributed by atoms with Crippen LogP contribution in [0, 0.1) is 16.0 Å². The Morgan fingerprint density at radius 1 is 1.50 bits per heavy atom. The summed E-state index contributed by atoms with van der Waals surface area (Å²) in [5.74, 6) is 0.102. The average Bonchev–Trinajstić information content (AvgIpc) is 2.52. The minimum absolute atomic E-state index is 0.0110. The van der Waals surface area contributed by atoms with E-state index in [0.717, 1.165) is 12.8 Å². The van der Waals surface area contributed by atoms with Crippen molar-refractivity contribution in [3.05, 3.63) is 28.4 Å². The van der Waals surface area contributed by atoms with E-state index in [9.17, 15) is 14.9 Å². The molecular formula is C16H23N3O5. The maximum Gasteiger partial charge on any atom is 0.410 e. The zero-order valence-electron chi connectivity index (χ0n) is 14.2. The Bertz CT molecular complexity index is 600. The fourth-order valence-corrected chi connectivity index (χ4v) is 2.52. The van der Waals surface area contributed by atoms with Gasteiger partial charge in [0, 0.05) is 31.3 Å². The van der Waals surface area contributed by atoms with Gasteiger partial charge >= 0.3 is 11.8 Å². The molecule has 2 heterocycles. The normalized spacial score (nSPS) is 18.1. The van der Waals surface area contributed by atoms with E-state index >= 15 is 0 Å². The number of likely N-dealkylation sites (tertiary alicyclic amines) is 1. The number of ether oxygens (including phenoxy) is 2. The highest BCUT2D eigenvalue weighted by atomic mass is 16.6. The molecule has 1 aliphatic heterocycles. The summed E-state index contributed by atoms with van der Waals surface area (Å²) in [5, 5.41) is 11.0. The monoisotopic (exact) mass is 337 g/mol. The number of piperidine rings is 1. The topological polar surface area (TPSA) is 94.8 Å². The van der Waals surface area contributed by atoms with Crippen molar-refractivity contribution >= 4 is 11.8 Å². The summed E-state index contributed by atoms with van der Waals surface area (Å²) in [4.78, 5) is 28.2. The van der Waals surface area contributed by atoms with Crippen LogP contribution in [0.15, 0.2) is 18.3 Å². The summed E-state index contributed by atoms with van der Waals surface area (Å²) in [5.41, 5.74) is -0.688. The SMILES string of the molecule is CC(C)(C)OC(=O)N1CCC[C@H](COc2ncccc2[N+](=O)[O-])C1. The number of aromatic nitrogens is 1. The van der Waals surface area contributed by atoms with Gasteiger partial charge in [-0.2, -0.15) is 0 Å². The maximum atomic E-state index is 12.1. The minimum atomic E-state index is -0.533. The lowest BCUT2D eigenvalue weighted by Crippen LogP contribution is -2.44. The molecule has 1 amide bonds. The van der Waals surface area contributed by atoms with Crippen molar-refractivity contribution in [1.29, 1.82) is 0 Å². The van der Waals surface area contributed by atoms with Crippen molar-refractivity contribution in [2.75, 3.05) is 19.7 Å². The highest BCUT2D eigenvalue weighted by Gasteiger charge is 2.28. The first-order valence-electron chi connectivity index (χ1n) is 7.96. The Hall–Kier alpha value is -2.38. The molecule has 2 rings (SSSR count). The first-order valence-corrected chi connectivity index (χ1v) is 7.96. The highest BCUT2D eigenvalue weighted by molar-refractivity contribution is 5.68. The van der Waals surface area contributed by atoms with Crippen LogP contribution in [0.4, 0.5) is 10.5 Å². The molecule has 1 fully saturated rings. The van der Waals surface area contributed by atoms with Crippen molar-refractivity contribution in [2.45, 2.75) is 39.2 Å². The molecule has 8 nitrogen and oxygen atoms in total. The van der Waals surface area contributed by atoms with Gasteiger partial charge < -0.3 is 14.4 Å². The molecule has 1 saturated heterocycles. The zero-order valence-corrected chi connectivity index (χ0v) is 14.2. The number of pyridine rings is 1. The van der Waals surface area contributed by atoms with Gasteiger partial charge in [-0.15, -0.1) is 0 Å². The third kappa shape index (κ3) is 5.07. The number of hydrogen-bond donors (Lipinski definition) is 0. The number of hydrogen-bond acceptors (Lipinski definition) is 6. The Morgan fingerprint density at radius 2 is 2.25 bits per heavy atom. The molecule has 1 aromatic heterocycles. The molecule has 1 atom stereocenters. The molecular weight excluding hydrogens is 314 g/mol. The molecule has 0 spiro atoms. The molecule has 0 radical (unpaired) electrons. The Labute approximate surface area is 140 Å². The van der Waals surface area contributed by atoms with E-state index in [-0.39, 0.29) is 30.2 Å². The minimum Gasteiger partial charge on any atom is -0.472 e. The lowest BCUT2D eigenvalue weighted by Gasteiger charge is -2.33. The van der Waals surface area contributed by atoms with Crippen LogP contribution in [0.3, 0.4) is 0 Å². The molecule has 1 aromatic rings. The number of amides is 1. The maximum absolute atomic E-state index is 12.1. The highest BCUT2D eigenvalue weighted by Crippen LogP contribution is 2.25. The molecule has 0 unspecified atom stereocenters. The Kier molecular flexibility index (Phi) is 5.58. The predicted molar refractivity (Wildman–Crippen MR) is 86.9 cm³/mol. The van der Waals surface area contributed by atoms with Crippen LogP contribution in [-0.4, -0.2) is 46.2 Å². The second kappa shape index (κ2) is 7.46. The summed E-state index contributed by atoms with van der Waals surface area (Å²) < 4.78 is 10.9. The van der Waals surface area contributed by atoms with Crippen molar-refractivity contribution < 1.29 is 19.2 Å². The third-order valence-electron chi connectivity index (χ3n) is 3.57. The van der Waals surface area contributed by atoms with E-state index in [1.54, 1.807) is 4.90 Å². The largest absolute Gasteiger partial charge is 0.472 e. The van der Waals surface area contributed by atoms with Crippen LogP contribution in [0.5, 0.6) is 5.88 Å². The molecule has 0 N–H and O–H groups in total. The molecule has 1 aliphatic rings. The van der Waals surface area contributed by atoms with E-state index < -0.39 is 10.5 Å². The zero-order chi connectivity index (χ0) is 17.7. The van der Waals surface area contributed by atoms with E-state index in [2.05, 4.69) is 4.98 Å². The van der Waals surface area contributed by atoms with Crippen molar-refractivity contribution in [3.8, 4) is 5.88 Å². The van der Waals surface area contributed by atoms with Gasteiger partial charge in [-0.25, -0.2) is 9.78 Å². The first-order chi connectivity index (χ1) is 11.3. The second-order valence-corrected chi connectivity index (χ2v) is 6.83. The smallest absolute Gasteiger partial charge is 0.410 e. The quantitative estimate of drug-likeness (QED) is 0.619. The van der Waals surface area contributed by atoms with Gasteiger partial charge in [0.2, 0.25) is 0 Å². The Morgan fingerprint density at radius 3 is 2.92 bits per heavy atom. The van der Waals surface area contributed by atoms with Crippen LogP contribution in [0.2, 0.25) is 0 Å². The molecule has 0 aromatic carbocycles. The third-order valence-corrected chi connectivity index (χ3v) is 3.57. The van der Waals surface area contributed by atoms with Crippen LogP contribution in [0.1, 0.15) is 33.6 Å². The fraction of sp³-hybridized carbons (Fsp3) is 0.625. The number of carbonyl (C=O) groups is 1. The number of nitro groups is 1. The van der Waals surface area contributed by atoms with Gasteiger partial charge in [0.1, 0.15) is 5.60 Å². The molecule has 0 saturated carbocycles. The van der Waals surface area contributed by atoms with Gasteiger partial charge in [-0.3, -0.25) is 10.1 Å². The number of carbonyl (C=O) groups excluding carboxylic acids is 1. The number of rotatable bonds is 4. The lowest BCUT2D eigenvalue weighted by atomic mass is 9.99. The summed E-state index contributed by atoms with van der Waals surface area (Å²) in [6.07, 6.45) is 2.85. The molecule has 132 valence electrons. The van der Waals surface area contributed by atoms with Crippen LogP contribution < -0.4 is 4.74 Å². The standard InChI is InChI=1S/C16H23N3O5/c1-16(2,3)24-15(20)18-9-5-6-12(10-18)11-23-14-13(19(21)22)7-4-8-17-14/h4,7-8,12H,5-6,9-11H2,1-3H3/t12-/m0/s1. The van der Waals surface area contributed by atoms with Crippen molar-refractivity contribution in [3.63, 3.8) is 0 Å². The average molecular weight is 337 g/mol. The first kappa shape index (κ1) is 18.0. The van der Waals surface area contributed by atoms with Crippen molar-refractivity contribution in [1.82, 2.24) is 9.88 Å². The number of nitrogens with zero attached hydrogens (tertiary/aromatic N) is 3. The van der Waals surface area contributed by atoms with Crippen molar-refractivity contribution in [2.24, 2.45) is 5.92 Å². The predicted octanol–water partition coefficient (Wildman–Crippen LogP) is 3.02. The van der Waals surface area contributed by atoms with E-state index in [1.807, 2.05) is 20.8 Å². The van der Waals surface area contributed by atoms with E-state index in [1.165, 1.54) is 18.3 Å². The summed E-state index contributed by atoms with van der Waals surface area (Å²) >= 11 is 0. The van der Waals surface area contributed by atoms with Crippen LogP contribution in [-0.2, 0) is 4.74 Å². The summed E-state index contributed by atoms with van der Waals surface area (Å²) in [6.45, 7) is 6.92. The Balaban J connectivity index is 1.92. The van der Waals surface area contributed by atoms with Gasteiger partial charge in [-0.05, 0) is 39.7 Å². The van der Waals surface area contributed by atoms with Gasteiger partial charge in [0.05, 0.1) is 11.5 Å². The van der Waals surface area contributed by atoms with E-state index in [4.69, 9.17) is 9.47 Å². The van der Waals surface area contributed by atoms with E-state index in [0.29, 0.717) is 13.1 Å². The molecule has 0 aliphatic carbocycles. The molecule has 8 heteroatoms. The summed E-state index contributed by atoms with van der Waals surface area (Å²) in [6, 6.07) is 2.85.